The van der Waals surface area contributed by atoms with Crippen LogP contribution in [0.3, 0.4) is 0 Å². The van der Waals surface area contributed by atoms with Crippen LogP contribution >= 0.6 is 23.2 Å². The second-order valence-electron chi connectivity index (χ2n) is 5.29. The summed E-state index contributed by atoms with van der Waals surface area (Å²) in [6.45, 7) is 2.96. The lowest BCUT2D eigenvalue weighted by Crippen LogP contribution is -3.08. The topological polar surface area (TPSA) is 51.7 Å². The Bertz CT molecular complexity index is 756. The van der Waals surface area contributed by atoms with Crippen molar-refractivity contribution >= 4 is 33.0 Å². The van der Waals surface area contributed by atoms with E-state index < -0.39 is 9.84 Å². The van der Waals surface area contributed by atoms with Crippen molar-refractivity contribution in [2.24, 2.45) is 0 Å². The predicted molar refractivity (Wildman–Crippen MR) is 87.4 cm³/mol. The molecule has 1 aromatic heterocycles. The first kappa shape index (κ1) is 17.3. The second-order valence-corrected chi connectivity index (χ2v) is 8.21. The van der Waals surface area contributed by atoms with Crippen molar-refractivity contribution in [3.8, 4) is 0 Å². The minimum Gasteiger partial charge on any atom is -0.460 e. The first-order valence-electron chi connectivity index (χ1n) is 6.82. The molecule has 4 nitrogen and oxygen atoms in total. The molecule has 7 heteroatoms. The van der Waals surface area contributed by atoms with E-state index in [1.165, 1.54) is 12.1 Å². The van der Waals surface area contributed by atoms with Crippen molar-refractivity contribution < 1.29 is 17.7 Å². The van der Waals surface area contributed by atoms with Crippen LogP contribution in [0.5, 0.6) is 0 Å². The molecule has 0 spiro atoms. The Kier molecular flexibility index (Phi) is 5.55. The van der Waals surface area contributed by atoms with Crippen LogP contribution in [0.15, 0.2) is 39.6 Å². The maximum Gasteiger partial charge on any atom is 0.185 e. The smallest absolute Gasteiger partial charge is 0.185 e. The molecular formula is C15H18Cl2NO3S+. The average molecular weight is 363 g/mol. The molecule has 0 bridgehead atoms. The third-order valence-electron chi connectivity index (χ3n) is 3.30. The molecule has 0 aliphatic heterocycles. The maximum absolute atomic E-state index is 12.4. The van der Waals surface area contributed by atoms with Gasteiger partial charge in [0.25, 0.3) is 0 Å². The number of halogens is 2. The summed E-state index contributed by atoms with van der Waals surface area (Å²) in [5.74, 6) is 1.69. The van der Waals surface area contributed by atoms with E-state index in [9.17, 15) is 8.42 Å². The van der Waals surface area contributed by atoms with Crippen molar-refractivity contribution in [1.29, 1.82) is 0 Å². The molecule has 1 atom stereocenters. The van der Waals surface area contributed by atoms with E-state index >= 15 is 0 Å². The molecule has 2 aromatic rings. The summed E-state index contributed by atoms with van der Waals surface area (Å²) in [5, 5.41) is 0.554. The van der Waals surface area contributed by atoms with Gasteiger partial charge in [-0.05, 0) is 37.3 Å². The molecule has 0 saturated heterocycles. The molecule has 22 heavy (non-hydrogen) atoms. The number of rotatable bonds is 6. The maximum atomic E-state index is 12.4. The lowest BCUT2D eigenvalue weighted by atomic mass is 10.4. The van der Waals surface area contributed by atoms with Crippen LogP contribution in [-0.2, 0) is 16.4 Å². The van der Waals surface area contributed by atoms with Gasteiger partial charge in [-0.15, -0.1) is 0 Å². The van der Waals surface area contributed by atoms with Gasteiger partial charge in [-0.2, -0.15) is 0 Å². The van der Waals surface area contributed by atoms with E-state index in [0.717, 1.165) is 16.4 Å². The van der Waals surface area contributed by atoms with E-state index in [0.29, 0.717) is 18.1 Å². The van der Waals surface area contributed by atoms with Crippen molar-refractivity contribution in [2.75, 3.05) is 19.3 Å². The van der Waals surface area contributed by atoms with Crippen LogP contribution in [-0.4, -0.2) is 27.8 Å². The molecule has 1 heterocycles. The van der Waals surface area contributed by atoms with E-state index in [1.807, 2.05) is 26.1 Å². The summed E-state index contributed by atoms with van der Waals surface area (Å²) < 4.78 is 30.3. The molecule has 1 aromatic carbocycles. The number of sulfone groups is 1. The number of nitrogens with one attached hydrogen (secondary N) is 1. The van der Waals surface area contributed by atoms with E-state index in [2.05, 4.69) is 0 Å². The van der Waals surface area contributed by atoms with Gasteiger partial charge >= 0.3 is 0 Å². The number of benzene rings is 1. The molecule has 0 aliphatic carbocycles. The molecule has 120 valence electrons. The first-order chi connectivity index (χ1) is 10.3. The van der Waals surface area contributed by atoms with E-state index in [1.54, 1.807) is 6.07 Å². The van der Waals surface area contributed by atoms with Crippen LogP contribution in [0, 0.1) is 6.92 Å². The third-order valence-corrected chi connectivity index (χ3v) is 5.72. The molecule has 0 fully saturated rings. The molecule has 1 unspecified atom stereocenters. The number of hydrogen-bond acceptors (Lipinski definition) is 3. The average Bonchev–Trinajstić information content (AvgIpc) is 2.84. The minimum atomic E-state index is -3.46. The zero-order chi connectivity index (χ0) is 16.3. The van der Waals surface area contributed by atoms with Crippen LogP contribution in [0.25, 0.3) is 0 Å². The Morgan fingerprint density at radius 3 is 2.55 bits per heavy atom. The van der Waals surface area contributed by atoms with Gasteiger partial charge in [-0.1, -0.05) is 23.2 Å². The predicted octanol–water partition coefficient (Wildman–Crippen LogP) is 2.38. The fourth-order valence-electron chi connectivity index (χ4n) is 2.10. The van der Waals surface area contributed by atoms with Gasteiger partial charge in [0.15, 0.2) is 15.6 Å². The van der Waals surface area contributed by atoms with Crippen molar-refractivity contribution in [3.05, 3.63) is 51.9 Å². The van der Waals surface area contributed by atoms with Gasteiger partial charge in [0.1, 0.15) is 18.1 Å². The van der Waals surface area contributed by atoms with Crippen LogP contribution in [0.1, 0.15) is 11.5 Å². The van der Waals surface area contributed by atoms with Gasteiger partial charge in [0.05, 0.1) is 23.5 Å². The summed E-state index contributed by atoms with van der Waals surface area (Å²) in [4.78, 5) is 1.12. The molecule has 0 saturated carbocycles. The highest BCUT2D eigenvalue weighted by Gasteiger charge is 2.21. The van der Waals surface area contributed by atoms with Crippen LogP contribution in [0.4, 0.5) is 0 Å². The number of furan rings is 1. The molecule has 0 radical (unpaired) electrons. The first-order valence-corrected chi connectivity index (χ1v) is 9.23. The highest BCUT2D eigenvalue weighted by atomic mass is 35.5. The number of aryl methyl sites for hydroxylation is 1. The third kappa shape index (κ3) is 4.49. The lowest BCUT2D eigenvalue weighted by Gasteiger charge is -2.13. The van der Waals surface area contributed by atoms with Crippen molar-refractivity contribution in [1.82, 2.24) is 0 Å². The quantitative estimate of drug-likeness (QED) is 0.858. The largest absolute Gasteiger partial charge is 0.460 e. The normalized spacial score (nSPS) is 13.3. The zero-order valence-electron chi connectivity index (χ0n) is 12.4. The van der Waals surface area contributed by atoms with Crippen molar-refractivity contribution in [3.63, 3.8) is 0 Å². The summed E-state index contributed by atoms with van der Waals surface area (Å²) in [5.41, 5.74) is 0. The van der Waals surface area contributed by atoms with Gasteiger partial charge in [-0.25, -0.2) is 8.42 Å². The Labute approximate surface area is 140 Å². The molecule has 2 rings (SSSR count). The summed E-state index contributed by atoms with van der Waals surface area (Å²) in [6, 6.07) is 8.26. The summed E-state index contributed by atoms with van der Waals surface area (Å²) >= 11 is 11.8. The van der Waals surface area contributed by atoms with Gasteiger partial charge in [0, 0.05) is 5.02 Å². The Hall–Kier alpha value is -1.01. The van der Waals surface area contributed by atoms with Crippen LogP contribution in [0.2, 0.25) is 10.0 Å². The Morgan fingerprint density at radius 1 is 1.18 bits per heavy atom. The van der Waals surface area contributed by atoms with E-state index in [-0.39, 0.29) is 15.7 Å². The molecule has 0 aliphatic rings. The Balaban J connectivity index is 2.01. The summed E-state index contributed by atoms with van der Waals surface area (Å²) in [6.07, 6.45) is 0. The molecule has 1 N–H and O–H groups in total. The SMILES string of the molecule is Cc1ccc(C[NH+](C)CCS(=O)(=O)c2cc(Cl)ccc2Cl)o1. The molecule has 0 amide bonds. The fraction of sp³-hybridized carbons (Fsp3) is 0.333. The van der Waals surface area contributed by atoms with Crippen molar-refractivity contribution in [2.45, 2.75) is 18.4 Å². The molecular weight excluding hydrogens is 345 g/mol. The highest BCUT2D eigenvalue weighted by molar-refractivity contribution is 7.91. The minimum absolute atomic E-state index is 0.00140. The van der Waals surface area contributed by atoms with Crippen LogP contribution < -0.4 is 4.90 Å². The fourth-order valence-corrected chi connectivity index (χ4v) is 4.32. The van der Waals surface area contributed by atoms with Gasteiger partial charge < -0.3 is 9.32 Å². The highest BCUT2D eigenvalue weighted by Crippen LogP contribution is 2.25. The van der Waals surface area contributed by atoms with E-state index in [4.69, 9.17) is 27.6 Å². The van der Waals surface area contributed by atoms with Gasteiger partial charge in [-0.3, -0.25) is 0 Å². The standard InChI is InChI=1S/C15H17Cl2NO3S/c1-11-3-5-13(21-11)10-18(2)7-8-22(19,20)15-9-12(16)4-6-14(15)17/h3-6,9H,7-8,10H2,1-2H3/p+1. The number of hydrogen-bond donors (Lipinski definition) is 1. The number of quaternary nitrogens is 1. The lowest BCUT2D eigenvalue weighted by molar-refractivity contribution is -0.892. The second kappa shape index (κ2) is 7.04. The Morgan fingerprint density at radius 2 is 1.91 bits per heavy atom. The monoisotopic (exact) mass is 362 g/mol. The summed E-state index contributed by atoms with van der Waals surface area (Å²) in [7, 11) is -1.54. The zero-order valence-corrected chi connectivity index (χ0v) is 14.7. The van der Waals surface area contributed by atoms with Gasteiger partial charge in [0.2, 0.25) is 0 Å².